The standard InChI is InChI=1S/C13H20N2O3/c1-3-10(8-16)15-13(17)9-5-6-12(18-4-2)11(14)7-9/h5-7,10,16H,3-4,8,14H2,1-2H3,(H,15,17). The van der Waals surface area contributed by atoms with Gasteiger partial charge in [-0.3, -0.25) is 4.79 Å². The maximum Gasteiger partial charge on any atom is 0.251 e. The molecular formula is C13H20N2O3. The number of nitrogens with one attached hydrogen (secondary N) is 1. The number of ether oxygens (including phenoxy) is 1. The predicted molar refractivity (Wildman–Crippen MR) is 70.7 cm³/mol. The van der Waals surface area contributed by atoms with Crippen LogP contribution in [0.4, 0.5) is 5.69 Å². The lowest BCUT2D eigenvalue weighted by Gasteiger charge is -2.14. The van der Waals surface area contributed by atoms with Crippen molar-refractivity contribution in [3.63, 3.8) is 0 Å². The molecule has 0 heterocycles. The fourth-order valence-electron chi connectivity index (χ4n) is 1.52. The number of hydrogen-bond acceptors (Lipinski definition) is 4. The van der Waals surface area contributed by atoms with Crippen LogP contribution in [0.5, 0.6) is 5.75 Å². The predicted octanol–water partition coefficient (Wildman–Crippen LogP) is 1.17. The van der Waals surface area contributed by atoms with Crippen molar-refractivity contribution in [1.29, 1.82) is 0 Å². The van der Waals surface area contributed by atoms with Crippen molar-refractivity contribution in [2.24, 2.45) is 0 Å². The minimum atomic E-state index is -0.245. The number of carbonyl (C=O) groups excluding carboxylic acids is 1. The lowest BCUT2D eigenvalue weighted by Crippen LogP contribution is -2.36. The normalized spacial score (nSPS) is 11.9. The number of anilines is 1. The van der Waals surface area contributed by atoms with Gasteiger partial charge >= 0.3 is 0 Å². The number of aliphatic hydroxyl groups is 1. The number of hydrogen-bond donors (Lipinski definition) is 3. The summed E-state index contributed by atoms with van der Waals surface area (Å²) in [4.78, 5) is 11.9. The van der Waals surface area contributed by atoms with E-state index in [1.54, 1.807) is 18.2 Å². The summed E-state index contributed by atoms with van der Waals surface area (Å²) in [5.41, 5.74) is 6.68. The van der Waals surface area contributed by atoms with E-state index in [-0.39, 0.29) is 18.6 Å². The van der Waals surface area contributed by atoms with Gasteiger partial charge in [-0.25, -0.2) is 0 Å². The maximum absolute atomic E-state index is 11.9. The van der Waals surface area contributed by atoms with Crippen LogP contribution in [-0.4, -0.2) is 30.3 Å². The quantitative estimate of drug-likeness (QED) is 0.663. The van der Waals surface area contributed by atoms with Crippen LogP contribution >= 0.6 is 0 Å². The molecular weight excluding hydrogens is 232 g/mol. The summed E-state index contributed by atoms with van der Waals surface area (Å²) in [7, 11) is 0. The zero-order chi connectivity index (χ0) is 13.5. The lowest BCUT2D eigenvalue weighted by molar-refractivity contribution is 0.0915. The molecule has 0 radical (unpaired) electrons. The molecule has 1 aromatic rings. The highest BCUT2D eigenvalue weighted by atomic mass is 16.5. The van der Waals surface area contributed by atoms with Gasteiger partial charge in [-0.2, -0.15) is 0 Å². The Morgan fingerprint density at radius 3 is 2.72 bits per heavy atom. The molecule has 5 heteroatoms. The highest BCUT2D eigenvalue weighted by molar-refractivity contribution is 5.95. The van der Waals surface area contributed by atoms with E-state index in [1.165, 1.54) is 0 Å². The number of rotatable bonds is 6. The molecule has 0 fully saturated rings. The topological polar surface area (TPSA) is 84.6 Å². The van der Waals surface area contributed by atoms with Crippen molar-refractivity contribution in [2.45, 2.75) is 26.3 Å². The number of nitrogen functional groups attached to an aromatic ring is 1. The first-order chi connectivity index (χ1) is 8.62. The van der Waals surface area contributed by atoms with Gasteiger partial charge in [-0.1, -0.05) is 6.92 Å². The zero-order valence-electron chi connectivity index (χ0n) is 10.8. The Morgan fingerprint density at radius 1 is 1.50 bits per heavy atom. The van der Waals surface area contributed by atoms with Gasteiger partial charge < -0.3 is 20.9 Å². The number of aliphatic hydroxyl groups excluding tert-OH is 1. The van der Waals surface area contributed by atoms with Crippen LogP contribution in [0, 0.1) is 0 Å². The van der Waals surface area contributed by atoms with Crippen LogP contribution in [0.15, 0.2) is 18.2 Å². The highest BCUT2D eigenvalue weighted by Gasteiger charge is 2.12. The Labute approximate surface area is 107 Å². The first-order valence-corrected chi connectivity index (χ1v) is 6.06. The molecule has 1 atom stereocenters. The molecule has 4 N–H and O–H groups in total. The maximum atomic E-state index is 11.9. The van der Waals surface area contributed by atoms with E-state index < -0.39 is 0 Å². The van der Waals surface area contributed by atoms with Crippen LogP contribution in [0.3, 0.4) is 0 Å². The average Bonchev–Trinajstić information content (AvgIpc) is 2.38. The van der Waals surface area contributed by atoms with E-state index in [2.05, 4.69) is 5.32 Å². The SMILES string of the molecule is CCOc1ccc(C(=O)NC(CC)CO)cc1N. The molecule has 0 spiro atoms. The third-order valence-corrected chi connectivity index (χ3v) is 2.62. The zero-order valence-corrected chi connectivity index (χ0v) is 10.8. The number of amides is 1. The molecule has 1 amide bonds. The van der Waals surface area contributed by atoms with Crippen LogP contribution in [0.25, 0.3) is 0 Å². The molecule has 0 aromatic heterocycles. The monoisotopic (exact) mass is 252 g/mol. The fourth-order valence-corrected chi connectivity index (χ4v) is 1.52. The minimum Gasteiger partial charge on any atom is -0.492 e. The van der Waals surface area contributed by atoms with Crippen LogP contribution < -0.4 is 15.8 Å². The molecule has 5 nitrogen and oxygen atoms in total. The van der Waals surface area contributed by atoms with Crippen LogP contribution in [0.2, 0.25) is 0 Å². The van der Waals surface area contributed by atoms with E-state index in [0.29, 0.717) is 30.0 Å². The number of benzene rings is 1. The van der Waals surface area contributed by atoms with Crippen molar-refractivity contribution in [3.05, 3.63) is 23.8 Å². The molecule has 0 bridgehead atoms. The molecule has 100 valence electrons. The highest BCUT2D eigenvalue weighted by Crippen LogP contribution is 2.22. The number of nitrogens with two attached hydrogens (primary N) is 1. The second-order valence-corrected chi connectivity index (χ2v) is 3.95. The molecule has 0 saturated heterocycles. The van der Waals surface area contributed by atoms with Crippen molar-refractivity contribution in [2.75, 3.05) is 18.9 Å². The van der Waals surface area contributed by atoms with Crippen LogP contribution in [0.1, 0.15) is 30.6 Å². The lowest BCUT2D eigenvalue weighted by atomic mass is 10.1. The molecule has 1 rings (SSSR count). The van der Waals surface area contributed by atoms with Gasteiger partial charge in [-0.15, -0.1) is 0 Å². The Morgan fingerprint density at radius 2 is 2.22 bits per heavy atom. The number of carbonyl (C=O) groups is 1. The third kappa shape index (κ3) is 3.63. The first kappa shape index (κ1) is 14.3. The van der Waals surface area contributed by atoms with Gasteiger partial charge in [0.25, 0.3) is 5.91 Å². The van der Waals surface area contributed by atoms with Gasteiger partial charge in [0.2, 0.25) is 0 Å². The van der Waals surface area contributed by atoms with E-state index >= 15 is 0 Å². The molecule has 18 heavy (non-hydrogen) atoms. The average molecular weight is 252 g/mol. The Balaban J connectivity index is 2.78. The van der Waals surface area contributed by atoms with Crippen LogP contribution in [-0.2, 0) is 0 Å². The van der Waals surface area contributed by atoms with Crippen molar-refractivity contribution in [3.8, 4) is 5.75 Å². The molecule has 0 aliphatic heterocycles. The summed E-state index contributed by atoms with van der Waals surface area (Å²) in [6.45, 7) is 4.22. The van der Waals surface area contributed by atoms with E-state index in [4.69, 9.17) is 15.6 Å². The molecule has 0 aliphatic rings. The van der Waals surface area contributed by atoms with E-state index in [9.17, 15) is 4.79 Å². The summed E-state index contributed by atoms with van der Waals surface area (Å²) >= 11 is 0. The third-order valence-electron chi connectivity index (χ3n) is 2.62. The van der Waals surface area contributed by atoms with Gasteiger partial charge in [0, 0.05) is 5.56 Å². The van der Waals surface area contributed by atoms with Gasteiger partial charge in [-0.05, 0) is 31.5 Å². The summed E-state index contributed by atoms with van der Waals surface area (Å²) in [5.74, 6) is 0.328. The summed E-state index contributed by atoms with van der Waals surface area (Å²) in [6.07, 6.45) is 0.675. The molecule has 1 unspecified atom stereocenters. The second-order valence-electron chi connectivity index (χ2n) is 3.95. The Kier molecular flexibility index (Phi) is 5.45. The van der Waals surface area contributed by atoms with E-state index in [0.717, 1.165) is 0 Å². The van der Waals surface area contributed by atoms with E-state index in [1.807, 2.05) is 13.8 Å². The largest absolute Gasteiger partial charge is 0.492 e. The van der Waals surface area contributed by atoms with Gasteiger partial charge in [0.1, 0.15) is 5.75 Å². The van der Waals surface area contributed by atoms with Gasteiger partial charge in [0.15, 0.2) is 0 Å². The summed E-state index contributed by atoms with van der Waals surface area (Å²) in [5, 5.41) is 11.8. The summed E-state index contributed by atoms with van der Waals surface area (Å²) < 4.78 is 5.30. The van der Waals surface area contributed by atoms with Crippen molar-refractivity contribution >= 4 is 11.6 Å². The molecule has 0 aliphatic carbocycles. The Hall–Kier alpha value is -1.75. The van der Waals surface area contributed by atoms with Gasteiger partial charge in [0.05, 0.1) is 24.9 Å². The first-order valence-electron chi connectivity index (χ1n) is 6.06. The Bertz CT molecular complexity index is 403. The van der Waals surface area contributed by atoms with Crippen molar-refractivity contribution in [1.82, 2.24) is 5.32 Å². The molecule has 1 aromatic carbocycles. The summed E-state index contributed by atoms with van der Waals surface area (Å²) in [6, 6.07) is 4.67. The second kappa shape index (κ2) is 6.86. The molecule has 0 saturated carbocycles. The minimum absolute atomic E-state index is 0.0747. The fraction of sp³-hybridized carbons (Fsp3) is 0.462. The smallest absolute Gasteiger partial charge is 0.251 e. The van der Waals surface area contributed by atoms with Crippen molar-refractivity contribution < 1.29 is 14.6 Å².